The number of para-hydroxylation sites is 2. The molecule has 5 rings (SSSR count). The summed E-state index contributed by atoms with van der Waals surface area (Å²) in [5, 5.41) is 0. The maximum atomic E-state index is 13.2. The van der Waals surface area contributed by atoms with E-state index in [1.54, 1.807) is 11.1 Å². The maximum Gasteiger partial charge on any atom is 0.326 e. The molecule has 37 heavy (non-hydrogen) atoms. The number of H-pyrrole nitrogens is 1. The van der Waals surface area contributed by atoms with Gasteiger partial charge in [0.1, 0.15) is 5.69 Å². The molecule has 9 nitrogen and oxygen atoms in total. The van der Waals surface area contributed by atoms with Crippen LogP contribution in [-0.2, 0) is 11.3 Å². The Balaban J connectivity index is 1.23. The number of imidazole rings is 1. The summed E-state index contributed by atoms with van der Waals surface area (Å²) in [5.41, 5.74) is 3.59. The van der Waals surface area contributed by atoms with Crippen molar-refractivity contribution in [3.63, 3.8) is 0 Å². The van der Waals surface area contributed by atoms with Crippen molar-refractivity contribution in [1.29, 1.82) is 0 Å². The van der Waals surface area contributed by atoms with Crippen LogP contribution in [0.1, 0.15) is 47.1 Å². The summed E-state index contributed by atoms with van der Waals surface area (Å²) in [5.74, 6) is -0.243. The number of aromatic nitrogens is 4. The molecular weight excluding hydrogens is 468 g/mol. The standard InChI is InChI=1S/C28H30N6O3/c1-20-17-30-24(18-29-20)27(36)33(19-21-7-3-2-4-8-21)16-13-26(35)32-14-11-22(12-15-32)34-25-10-6-5-9-23(25)31-28(34)37/h2-10,17-18,22H,11-16,19H2,1H3,(H,31,37). The summed E-state index contributed by atoms with van der Waals surface area (Å²) in [7, 11) is 0. The van der Waals surface area contributed by atoms with Gasteiger partial charge in [0.2, 0.25) is 5.91 Å². The highest BCUT2D eigenvalue weighted by molar-refractivity contribution is 5.92. The lowest BCUT2D eigenvalue weighted by molar-refractivity contribution is -0.132. The number of aryl methyl sites for hydroxylation is 1. The first-order valence-corrected chi connectivity index (χ1v) is 12.6. The zero-order valence-electron chi connectivity index (χ0n) is 20.8. The Morgan fingerprint density at radius 1 is 1.00 bits per heavy atom. The molecule has 2 amide bonds. The predicted molar refractivity (Wildman–Crippen MR) is 140 cm³/mol. The molecule has 1 saturated heterocycles. The minimum atomic E-state index is -0.249. The average molecular weight is 499 g/mol. The van der Waals surface area contributed by atoms with Gasteiger partial charge in [-0.15, -0.1) is 0 Å². The minimum absolute atomic E-state index is 0.00516. The highest BCUT2D eigenvalue weighted by Crippen LogP contribution is 2.25. The molecule has 1 aliphatic rings. The molecule has 1 aliphatic heterocycles. The number of carbonyl (C=O) groups excluding carboxylic acids is 2. The molecule has 0 atom stereocenters. The second-order valence-corrected chi connectivity index (χ2v) is 9.43. The van der Waals surface area contributed by atoms with Crippen molar-refractivity contribution in [1.82, 2.24) is 29.3 Å². The van der Waals surface area contributed by atoms with Crippen LogP contribution < -0.4 is 5.69 Å². The van der Waals surface area contributed by atoms with E-state index in [0.717, 1.165) is 22.3 Å². The monoisotopic (exact) mass is 498 g/mol. The highest BCUT2D eigenvalue weighted by atomic mass is 16.2. The number of hydrogen-bond donors (Lipinski definition) is 1. The van der Waals surface area contributed by atoms with Gasteiger partial charge < -0.3 is 14.8 Å². The molecule has 2 aromatic heterocycles. The highest BCUT2D eigenvalue weighted by Gasteiger charge is 2.27. The number of aromatic amines is 1. The third-order valence-corrected chi connectivity index (χ3v) is 6.91. The molecule has 9 heteroatoms. The quantitative estimate of drug-likeness (QED) is 0.421. The van der Waals surface area contributed by atoms with Crippen LogP contribution in [-0.4, -0.2) is 60.8 Å². The zero-order chi connectivity index (χ0) is 25.8. The molecule has 1 N–H and O–H groups in total. The molecule has 0 spiro atoms. The number of amides is 2. The Kier molecular flexibility index (Phi) is 7.11. The molecule has 190 valence electrons. The van der Waals surface area contributed by atoms with Crippen molar-refractivity contribution in [3.8, 4) is 0 Å². The second kappa shape index (κ2) is 10.8. The van der Waals surface area contributed by atoms with Crippen LogP contribution >= 0.6 is 0 Å². The van der Waals surface area contributed by atoms with E-state index in [4.69, 9.17) is 0 Å². The van der Waals surface area contributed by atoms with E-state index in [1.165, 1.54) is 6.20 Å². The van der Waals surface area contributed by atoms with Crippen molar-refractivity contribution >= 4 is 22.8 Å². The molecule has 0 aliphatic carbocycles. The van der Waals surface area contributed by atoms with E-state index in [2.05, 4.69) is 15.0 Å². The van der Waals surface area contributed by atoms with Crippen molar-refractivity contribution in [2.24, 2.45) is 0 Å². The van der Waals surface area contributed by atoms with Crippen LogP contribution in [0.3, 0.4) is 0 Å². The first kappa shape index (κ1) is 24.4. The normalized spacial score (nSPS) is 14.1. The molecule has 0 saturated carbocycles. The Labute approximate surface area is 214 Å². The lowest BCUT2D eigenvalue weighted by Gasteiger charge is -2.33. The molecule has 0 unspecified atom stereocenters. The smallest absolute Gasteiger partial charge is 0.326 e. The van der Waals surface area contributed by atoms with E-state index in [1.807, 2.05) is 71.0 Å². The van der Waals surface area contributed by atoms with E-state index in [0.29, 0.717) is 32.5 Å². The zero-order valence-corrected chi connectivity index (χ0v) is 20.8. The molecule has 3 heterocycles. The van der Waals surface area contributed by atoms with Gasteiger partial charge in [0.25, 0.3) is 5.91 Å². The number of nitrogens with zero attached hydrogens (tertiary/aromatic N) is 5. The fraction of sp³-hybridized carbons (Fsp3) is 0.321. The molecule has 0 bridgehead atoms. The molecular formula is C28H30N6O3. The second-order valence-electron chi connectivity index (χ2n) is 9.43. The van der Waals surface area contributed by atoms with Crippen LogP contribution in [0, 0.1) is 6.92 Å². The maximum absolute atomic E-state index is 13.2. The number of hydrogen-bond acceptors (Lipinski definition) is 5. The number of piperidine rings is 1. The lowest BCUT2D eigenvalue weighted by atomic mass is 10.0. The fourth-order valence-electron chi connectivity index (χ4n) is 4.92. The van der Waals surface area contributed by atoms with E-state index >= 15 is 0 Å². The molecule has 0 radical (unpaired) electrons. The van der Waals surface area contributed by atoms with Crippen molar-refractivity contribution in [3.05, 3.63) is 94.4 Å². The SMILES string of the molecule is Cc1cnc(C(=O)N(CCC(=O)N2CCC(n3c(=O)[nH]c4ccccc43)CC2)Cc2ccccc2)cn1. The first-order valence-electron chi connectivity index (χ1n) is 12.6. The van der Waals surface area contributed by atoms with Gasteiger partial charge in [-0.05, 0) is 37.5 Å². The molecule has 2 aromatic carbocycles. The summed E-state index contributed by atoms with van der Waals surface area (Å²) >= 11 is 0. The molecule has 4 aromatic rings. The third kappa shape index (κ3) is 5.45. The number of benzene rings is 2. The number of likely N-dealkylation sites (tertiary alicyclic amines) is 1. The third-order valence-electron chi connectivity index (χ3n) is 6.91. The number of fused-ring (bicyclic) bond motifs is 1. The van der Waals surface area contributed by atoms with E-state index in [9.17, 15) is 14.4 Å². The number of rotatable bonds is 7. The van der Waals surface area contributed by atoms with Gasteiger partial charge in [-0.3, -0.25) is 19.1 Å². The average Bonchev–Trinajstić information content (AvgIpc) is 3.27. The van der Waals surface area contributed by atoms with Crippen molar-refractivity contribution < 1.29 is 9.59 Å². The topological polar surface area (TPSA) is 104 Å². The van der Waals surface area contributed by atoms with Gasteiger partial charge in [0.15, 0.2) is 0 Å². The summed E-state index contributed by atoms with van der Waals surface area (Å²) in [6, 6.07) is 17.4. The summed E-state index contributed by atoms with van der Waals surface area (Å²) in [6.45, 7) is 3.63. The van der Waals surface area contributed by atoms with Crippen LogP contribution in [0.25, 0.3) is 11.0 Å². The van der Waals surface area contributed by atoms with Crippen molar-refractivity contribution in [2.75, 3.05) is 19.6 Å². The Hall–Kier alpha value is -4.27. The number of carbonyl (C=O) groups is 2. The first-order chi connectivity index (χ1) is 18.0. The van der Waals surface area contributed by atoms with E-state index in [-0.39, 0.29) is 42.2 Å². The minimum Gasteiger partial charge on any atom is -0.342 e. The van der Waals surface area contributed by atoms with Crippen LogP contribution in [0.4, 0.5) is 0 Å². The Morgan fingerprint density at radius 2 is 1.73 bits per heavy atom. The van der Waals surface area contributed by atoms with E-state index < -0.39 is 0 Å². The lowest BCUT2D eigenvalue weighted by Crippen LogP contribution is -2.42. The van der Waals surface area contributed by atoms with Crippen LogP contribution in [0.15, 0.2) is 71.8 Å². The summed E-state index contributed by atoms with van der Waals surface area (Å²) < 4.78 is 1.82. The van der Waals surface area contributed by atoms with Gasteiger partial charge in [0.05, 0.1) is 22.9 Å². The Morgan fingerprint density at radius 3 is 2.46 bits per heavy atom. The van der Waals surface area contributed by atoms with Crippen LogP contribution in [0.5, 0.6) is 0 Å². The van der Waals surface area contributed by atoms with Gasteiger partial charge >= 0.3 is 5.69 Å². The number of nitrogens with one attached hydrogen (secondary N) is 1. The summed E-state index contributed by atoms with van der Waals surface area (Å²) in [6.07, 6.45) is 4.69. The van der Waals surface area contributed by atoms with Gasteiger partial charge in [0, 0.05) is 44.8 Å². The fourth-order valence-corrected chi connectivity index (χ4v) is 4.92. The van der Waals surface area contributed by atoms with Gasteiger partial charge in [-0.2, -0.15) is 0 Å². The van der Waals surface area contributed by atoms with Crippen molar-refractivity contribution in [2.45, 2.75) is 38.8 Å². The van der Waals surface area contributed by atoms with Crippen LogP contribution in [0.2, 0.25) is 0 Å². The van der Waals surface area contributed by atoms with Gasteiger partial charge in [-0.25, -0.2) is 9.78 Å². The predicted octanol–water partition coefficient (Wildman–Crippen LogP) is 3.32. The largest absolute Gasteiger partial charge is 0.342 e. The molecule has 1 fully saturated rings. The Bertz CT molecular complexity index is 1440. The summed E-state index contributed by atoms with van der Waals surface area (Å²) in [4.78, 5) is 53.8. The van der Waals surface area contributed by atoms with Gasteiger partial charge in [-0.1, -0.05) is 42.5 Å².